The van der Waals surface area contributed by atoms with Crippen LogP contribution in [0.1, 0.15) is 115 Å². The molecule has 0 unspecified atom stereocenters. The molecule has 4 aromatic carbocycles. The van der Waals surface area contributed by atoms with Crippen molar-refractivity contribution in [2.45, 2.75) is 126 Å². The van der Waals surface area contributed by atoms with Crippen molar-refractivity contribution in [3.05, 3.63) is 96.1 Å². The van der Waals surface area contributed by atoms with Crippen LogP contribution in [0.2, 0.25) is 0 Å². The summed E-state index contributed by atoms with van der Waals surface area (Å²) in [6.07, 6.45) is 17.9. The molecule has 0 radical (unpaired) electrons. The summed E-state index contributed by atoms with van der Waals surface area (Å²) >= 11 is 0. The molecule has 296 valence electrons. The van der Waals surface area contributed by atoms with Crippen LogP contribution in [0.3, 0.4) is 0 Å². The molecule has 0 saturated carbocycles. The Hall–Kier alpha value is -2.84. The summed E-state index contributed by atoms with van der Waals surface area (Å²) in [5, 5.41) is 20.9. The van der Waals surface area contributed by atoms with E-state index >= 15 is 0 Å². The third-order valence-electron chi connectivity index (χ3n) is 8.78. The summed E-state index contributed by atoms with van der Waals surface area (Å²) in [6.45, 7) is 4.38. The van der Waals surface area contributed by atoms with E-state index in [1.807, 2.05) is 6.07 Å². The molecule has 55 heavy (non-hydrogen) atoms. The van der Waals surface area contributed by atoms with Gasteiger partial charge in [-0.2, -0.15) is 8.42 Å². The number of rotatable bonds is 22. The molecule has 0 bridgehead atoms. The number of hydrogen-bond acceptors (Lipinski definition) is 9. The van der Waals surface area contributed by atoms with E-state index in [2.05, 4.69) is 13.8 Å². The van der Waals surface area contributed by atoms with E-state index in [9.17, 15) is 36.2 Å². The molecule has 4 aromatic rings. The van der Waals surface area contributed by atoms with Gasteiger partial charge in [0.1, 0.15) is 43.8 Å². The average Bonchev–Trinajstić information content (AvgIpc) is 3.11. The van der Waals surface area contributed by atoms with Crippen molar-refractivity contribution >= 4 is 58.0 Å². The van der Waals surface area contributed by atoms with Gasteiger partial charge in [0.2, 0.25) is 0 Å². The van der Waals surface area contributed by atoms with Gasteiger partial charge in [0, 0.05) is 6.07 Å². The summed E-state index contributed by atoms with van der Waals surface area (Å²) in [6, 6.07) is 21.2. The molecule has 0 aliphatic rings. The first-order chi connectivity index (χ1) is 25.8. The Bertz CT molecular complexity index is 1810. The van der Waals surface area contributed by atoms with Crippen molar-refractivity contribution in [1.29, 1.82) is 0 Å². The molecule has 0 atom stereocenters. The number of aromatic hydroxyl groups is 1. The predicted octanol–water partition coefficient (Wildman–Crippen LogP) is 10.1. The second-order valence-corrected chi connectivity index (χ2v) is 16.1. The molecule has 0 aliphatic heterocycles. The number of benzene rings is 4. The second kappa shape index (κ2) is 25.4. The van der Waals surface area contributed by atoms with Crippen LogP contribution >= 0.6 is 0 Å². The van der Waals surface area contributed by atoms with Gasteiger partial charge >= 0.3 is 37.7 Å². The predicted molar refractivity (Wildman–Crippen MR) is 214 cm³/mol. The fourth-order valence-electron chi connectivity index (χ4n) is 5.89. The minimum Gasteiger partial charge on any atom is -0.872 e. The van der Waals surface area contributed by atoms with Gasteiger partial charge < -0.3 is 24.2 Å². The quantitative estimate of drug-likeness (QED) is 0.0441. The first-order valence-corrected chi connectivity index (χ1v) is 21.8. The van der Waals surface area contributed by atoms with Gasteiger partial charge in [-0.05, 0) is 85.3 Å². The van der Waals surface area contributed by atoms with Gasteiger partial charge in [-0.1, -0.05) is 121 Å². The zero-order valence-corrected chi connectivity index (χ0v) is 35.9. The molecule has 0 aliphatic carbocycles. The largest absolute Gasteiger partial charge is 2.00 e. The van der Waals surface area contributed by atoms with Gasteiger partial charge in [-0.15, -0.1) is 5.75 Å². The smallest absolute Gasteiger partial charge is 0.872 e. The zero-order chi connectivity index (χ0) is 39.4. The van der Waals surface area contributed by atoms with Crippen molar-refractivity contribution < 1.29 is 45.6 Å². The van der Waals surface area contributed by atoms with Crippen molar-refractivity contribution in [3.8, 4) is 34.5 Å². The minimum atomic E-state index is -4.68. The van der Waals surface area contributed by atoms with Crippen LogP contribution in [-0.2, 0) is 33.1 Å². The normalized spacial score (nSPS) is 11.3. The topological polar surface area (TPSA) is 173 Å². The summed E-state index contributed by atoms with van der Waals surface area (Å²) in [7, 11) is -9.10. The monoisotopic (exact) mass is 822 g/mol. The molecule has 13 heteroatoms. The number of hydrogen-bond donors (Lipinski definition) is 2. The Balaban J connectivity index is 0.000000373. The van der Waals surface area contributed by atoms with E-state index in [4.69, 9.17) is 9.47 Å². The van der Waals surface area contributed by atoms with E-state index < -0.39 is 20.2 Å². The van der Waals surface area contributed by atoms with Gasteiger partial charge in [0.15, 0.2) is 0 Å². The standard InChI is InChI=1S/2C21H28O5S.Ca/c2*1-2-3-4-5-6-7-8-10-17-13-14-20(21(15-17)27(23,24)25)26-19-12-9-11-18(22)16-19;/h2*9,11-16,22H,2-8,10H2,1H3,(H,23,24,25);/q;;+2/p-2. The number of unbranched alkanes of at least 4 members (excludes halogenated alkanes) is 12. The molecule has 0 heterocycles. The summed E-state index contributed by atoms with van der Waals surface area (Å²) in [5.41, 5.74) is 1.64. The van der Waals surface area contributed by atoms with E-state index in [1.54, 1.807) is 24.3 Å². The summed E-state index contributed by atoms with van der Waals surface area (Å²) in [4.78, 5) is -0.648. The van der Waals surface area contributed by atoms with Crippen LogP contribution in [0.15, 0.2) is 94.7 Å². The SMILES string of the molecule is CCCCCCCCCc1ccc(Oc2cccc(O)c2)c(S(=O)(=O)O)c1.CCCCCCCCCc1ccc(Oc2cccc([O-])c2)c(S(=O)(=O)[O-])c1.[Ca+2]. The first-order valence-electron chi connectivity index (χ1n) is 18.9. The number of aryl methyl sites for hydroxylation is 2. The second-order valence-electron chi connectivity index (χ2n) is 13.4. The van der Waals surface area contributed by atoms with Crippen LogP contribution in [0.5, 0.6) is 34.5 Å². The average molecular weight is 823 g/mol. The van der Waals surface area contributed by atoms with Gasteiger partial charge in [-0.3, -0.25) is 4.55 Å². The van der Waals surface area contributed by atoms with Crippen LogP contribution in [-0.4, -0.2) is 68.8 Å². The van der Waals surface area contributed by atoms with Crippen LogP contribution in [0.4, 0.5) is 0 Å². The van der Waals surface area contributed by atoms with Gasteiger partial charge in [-0.25, -0.2) is 8.42 Å². The Morgan fingerprint density at radius 3 is 1.45 bits per heavy atom. The Kier molecular flexibility index (Phi) is 22.3. The van der Waals surface area contributed by atoms with Gasteiger partial charge in [0.25, 0.3) is 10.1 Å². The molecule has 10 nitrogen and oxygen atoms in total. The molecule has 0 saturated heterocycles. The van der Waals surface area contributed by atoms with E-state index in [0.717, 1.165) is 43.2 Å². The summed E-state index contributed by atoms with van der Waals surface area (Å²) in [5.74, 6) is 0.225. The minimum absolute atomic E-state index is 0. The molecule has 0 aromatic heterocycles. The molecule has 0 amide bonds. The van der Waals surface area contributed by atoms with E-state index in [-0.39, 0.29) is 76.3 Å². The van der Waals surface area contributed by atoms with Crippen molar-refractivity contribution in [2.75, 3.05) is 0 Å². The Morgan fingerprint density at radius 1 is 0.564 bits per heavy atom. The maximum Gasteiger partial charge on any atom is 2.00 e. The molecule has 0 spiro atoms. The third kappa shape index (κ3) is 18.8. The molecule has 4 rings (SSSR count). The summed E-state index contributed by atoms with van der Waals surface area (Å²) < 4.78 is 79.0. The van der Waals surface area contributed by atoms with Crippen LogP contribution in [0, 0.1) is 0 Å². The van der Waals surface area contributed by atoms with Crippen LogP contribution in [0.25, 0.3) is 0 Å². The van der Waals surface area contributed by atoms with E-state index in [0.29, 0.717) is 12.2 Å². The van der Waals surface area contributed by atoms with Crippen molar-refractivity contribution in [1.82, 2.24) is 0 Å². The molecule has 0 fully saturated rings. The molecule has 2 N–H and O–H groups in total. The Labute approximate surface area is 357 Å². The van der Waals surface area contributed by atoms with Crippen LogP contribution < -0.4 is 14.6 Å². The Morgan fingerprint density at radius 2 is 1.00 bits per heavy atom. The van der Waals surface area contributed by atoms with E-state index in [1.165, 1.54) is 119 Å². The maximum atomic E-state index is 11.8. The zero-order valence-electron chi connectivity index (χ0n) is 32.1. The van der Waals surface area contributed by atoms with Crippen molar-refractivity contribution in [3.63, 3.8) is 0 Å². The van der Waals surface area contributed by atoms with Crippen molar-refractivity contribution in [2.24, 2.45) is 0 Å². The fourth-order valence-corrected chi connectivity index (χ4v) is 7.21. The van der Waals surface area contributed by atoms with Gasteiger partial charge in [0.05, 0.1) is 4.90 Å². The number of ether oxygens (including phenoxy) is 2. The number of phenols is 1. The number of phenolic OH excluding ortho intramolecular Hbond substituents is 1. The third-order valence-corrected chi connectivity index (χ3v) is 10.5. The maximum absolute atomic E-state index is 11.8. The molecular weight excluding hydrogens is 769 g/mol. The first kappa shape index (κ1) is 48.3. The fraction of sp³-hybridized carbons (Fsp3) is 0.429. The molecular formula is C42H54CaO10S2.